The van der Waals surface area contributed by atoms with Gasteiger partial charge in [-0.1, -0.05) is 6.92 Å². The van der Waals surface area contributed by atoms with Gasteiger partial charge in [-0.15, -0.1) is 12.4 Å². The smallest absolute Gasteiger partial charge is 0.123 e. The summed E-state index contributed by atoms with van der Waals surface area (Å²) in [4.78, 5) is 2.61. The van der Waals surface area contributed by atoms with Crippen LogP contribution in [0.25, 0.3) is 0 Å². The molecule has 0 saturated carbocycles. The summed E-state index contributed by atoms with van der Waals surface area (Å²) in [5.41, 5.74) is 1.34. The molecule has 3 rings (SSSR count). The first-order valence-corrected chi connectivity index (χ1v) is 7.38. The van der Waals surface area contributed by atoms with Crippen LogP contribution in [-0.2, 0) is 0 Å². The van der Waals surface area contributed by atoms with E-state index in [1.165, 1.54) is 37.9 Å². The number of methoxy groups -OCH3 is 1. The number of hydrogen-bond donors (Lipinski definition) is 0. The Hall–Kier alpha value is -0.930. The van der Waals surface area contributed by atoms with Crippen LogP contribution in [0.5, 0.6) is 11.5 Å². The van der Waals surface area contributed by atoms with Gasteiger partial charge in [0.15, 0.2) is 0 Å². The minimum Gasteiger partial charge on any atom is -0.497 e. The molecule has 0 aromatic heterocycles. The van der Waals surface area contributed by atoms with E-state index in [0.29, 0.717) is 12.0 Å². The summed E-state index contributed by atoms with van der Waals surface area (Å²) in [7, 11) is 1.73. The Labute approximate surface area is 127 Å². The summed E-state index contributed by atoms with van der Waals surface area (Å²) in [5.74, 6) is 2.61. The molecular weight excluding hydrogens is 274 g/mol. The van der Waals surface area contributed by atoms with E-state index in [4.69, 9.17) is 9.47 Å². The standard InChI is InChI=1S/C16H23NO2.ClH/c1-3-8-17-9-4-5-13-14-10-12(18-2)6-7-16(14)19-11-15(13)17;/h6-7,10,13,15H,3-5,8-9,11H2,1-2H3;1H/t13-,15-;/m0./s1. The zero-order chi connectivity index (χ0) is 13.2. The normalized spacial score (nSPS) is 24.9. The minimum absolute atomic E-state index is 0. The predicted octanol–water partition coefficient (Wildman–Crippen LogP) is 3.47. The molecule has 4 heteroatoms. The summed E-state index contributed by atoms with van der Waals surface area (Å²) in [5, 5.41) is 0. The van der Waals surface area contributed by atoms with Gasteiger partial charge >= 0.3 is 0 Å². The van der Waals surface area contributed by atoms with Gasteiger partial charge in [0.05, 0.1) is 13.2 Å². The van der Waals surface area contributed by atoms with E-state index >= 15 is 0 Å². The number of halogens is 1. The quantitative estimate of drug-likeness (QED) is 0.853. The van der Waals surface area contributed by atoms with Crippen molar-refractivity contribution in [2.75, 3.05) is 26.8 Å². The molecule has 1 aromatic rings. The zero-order valence-electron chi connectivity index (χ0n) is 12.3. The second kappa shape index (κ2) is 6.68. The van der Waals surface area contributed by atoms with Crippen LogP contribution in [0.3, 0.4) is 0 Å². The van der Waals surface area contributed by atoms with Gasteiger partial charge in [-0.05, 0) is 50.6 Å². The highest BCUT2D eigenvalue weighted by Crippen LogP contribution is 2.42. The fraction of sp³-hybridized carbons (Fsp3) is 0.625. The van der Waals surface area contributed by atoms with E-state index < -0.39 is 0 Å². The Bertz CT molecular complexity index is 450. The summed E-state index contributed by atoms with van der Waals surface area (Å²) < 4.78 is 11.3. The molecule has 0 unspecified atom stereocenters. The van der Waals surface area contributed by atoms with E-state index in [2.05, 4.69) is 24.0 Å². The van der Waals surface area contributed by atoms with Gasteiger partial charge in [0.2, 0.25) is 0 Å². The lowest BCUT2D eigenvalue weighted by Gasteiger charge is -2.44. The van der Waals surface area contributed by atoms with Gasteiger partial charge in [-0.3, -0.25) is 4.90 Å². The second-order valence-corrected chi connectivity index (χ2v) is 5.57. The molecule has 2 atom stereocenters. The Morgan fingerprint density at radius 3 is 3.00 bits per heavy atom. The molecule has 0 aliphatic carbocycles. The number of likely N-dealkylation sites (tertiary alicyclic amines) is 1. The van der Waals surface area contributed by atoms with Crippen LogP contribution in [0.15, 0.2) is 18.2 Å². The third-order valence-electron chi connectivity index (χ3n) is 4.43. The second-order valence-electron chi connectivity index (χ2n) is 5.57. The molecule has 1 saturated heterocycles. The molecule has 0 bridgehead atoms. The van der Waals surface area contributed by atoms with Crippen LogP contribution in [0.2, 0.25) is 0 Å². The van der Waals surface area contributed by atoms with Crippen molar-refractivity contribution in [2.45, 2.75) is 38.1 Å². The topological polar surface area (TPSA) is 21.7 Å². The molecule has 2 aliphatic heterocycles. The highest BCUT2D eigenvalue weighted by molar-refractivity contribution is 5.85. The summed E-state index contributed by atoms with van der Waals surface area (Å²) in [6.07, 6.45) is 3.78. The van der Waals surface area contributed by atoms with E-state index in [1.54, 1.807) is 7.11 Å². The van der Waals surface area contributed by atoms with Crippen molar-refractivity contribution in [1.29, 1.82) is 0 Å². The van der Waals surface area contributed by atoms with E-state index in [1.807, 2.05) is 6.07 Å². The zero-order valence-corrected chi connectivity index (χ0v) is 13.1. The van der Waals surface area contributed by atoms with E-state index in [-0.39, 0.29) is 12.4 Å². The van der Waals surface area contributed by atoms with Crippen molar-refractivity contribution in [3.63, 3.8) is 0 Å². The maximum atomic E-state index is 5.97. The maximum Gasteiger partial charge on any atom is 0.123 e. The first kappa shape index (κ1) is 15.5. The molecule has 2 aliphatic rings. The van der Waals surface area contributed by atoms with Crippen molar-refractivity contribution in [3.8, 4) is 11.5 Å². The van der Waals surface area contributed by atoms with Crippen LogP contribution in [0, 0.1) is 0 Å². The highest BCUT2D eigenvalue weighted by atomic mass is 35.5. The van der Waals surface area contributed by atoms with Gasteiger partial charge in [0.1, 0.15) is 18.1 Å². The first-order chi connectivity index (χ1) is 9.33. The van der Waals surface area contributed by atoms with E-state index in [0.717, 1.165) is 18.1 Å². The number of rotatable bonds is 3. The van der Waals surface area contributed by atoms with Crippen LogP contribution in [-0.4, -0.2) is 37.7 Å². The molecule has 20 heavy (non-hydrogen) atoms. The van der Waals surface area contributed by atoms with Crippen molar-refractivity contribution in [2.24, 2.45) is 0 Å². The fourth-order valence-corrected chi connectivity index (χ4v) is 3.53. The summed E-state index contributed by atoms with van der Waals surface area (Å²) >= 11 is 0. The number of nitrogens with zero attached hydrogens (tertiary/aromatic N) is 1. The van der Waals surface area contributed by atoms with Gasteiger partial charge in [-0.25, -0.2) is 0 Å². The van der Waals surface area contributed by atoms with E-state index in [9.17, 15) is 0 Å². The summed E-state index contributed by atoms with van der Waals surface area (Å²) in [6, 6.07) is 6.77. The van der Waals surface area contributed by atoms with Crippen LogP contribution in [0.4, 0.5) is 0 Å². The number of ether oxygens (including phenoxy) is 2. The van der Waals surface area contributed by atoms with Crippen molar-refractivity contribution >= 4 is 12.4 Å². The molecule has 1 aromatic carbocycles. The molecule has 0 amide bonds. The summed E-state index contributed by atoms with van der Waals surface area (Å²) in [6.45, 7) is 5.50. The third kappa shape index (κ3) is 2.75. The minimum atomic E-state index is 0. The maximum absolute atomic E-state index is 5.97. The van der Waals surface area contributed by atoms with Crippen LogP contribution < -0.4 is 9.47 Å². The molecule has 0 spiro atoms. The lowest BCUT2D eigenvalue weighted by molar-refractivity contribution is 0.0658. The Kier molecular flexibility index (Phi) is 5.17. The van der Waals surface area contributed by atoms with Gasteiger partial charge in [0, 0.05) is 11.5 Å². The Balaban J connectivity index is 0.00000147. The Morgan fingerprint density at radius 1 is 1.40 bits per heavy atom. The van der Waals surface area contributed by atoms with Crippen molar-refractivity contribution in [3.05, 3.63) is 23.8 Å². The monoisotopic (exact) mass is 297 g/mol. The predicted molar refractivity (Wildman–Crippen MR) is 83.4 cm³/mol. The number of benzene rings is 1. The van der Waals surface area contributed by atoms with Crippen LogP contribution >= 0.6 is 12.4 Å². The SMILES string of the molecule is CCCN1CCC[C@H]2c3cc(OC)ccc3OC[C@@H]21.Cl. The van der Waals surface area contributed by atoms with Gasteiger partial charge in [-0.2, -0.15) is 0 Å². The molecule has 1 fully saturated rings. The van der Waals surface area contributed by atoms with Crippen LogP contribution in [0.1, 0.15) is 37.7 Å². The third-order valence-corrected chi connectivity index (χ3v) is 4.43. The molecule has 112 valence electrons. The molecular formula is C16H24ClNO2. The molecule has 2 heterocycles. The molecule has 0 radical (unpaired) electrons. The van der Waals surface area contributed by atoms with Gasteiger partial charge < -0.3 is 9.47 Å². The molecule has 3 nitrogen and oxygen atoms in total. The average Bonchev–Trinajstić information content (AvgIpc) is 2.47. The fourth-order valence-electron chi connectivity index (χ4n) is 3.53. The number of piperidine rings is 1. The lowest BCUT2D eigenvalue weighted by Crippen LogP contribution is -2.49. The average molecular weight is 298 g/mol. The van der Waals surface area contributed by atoms with Crippen molar-refractivity contribution in [1.82, 2.24) is 4.90 Å². The number of fused-ring (bicyclic) bond motifs is 3. The van der Waals surface area contributed by atoms with Crippen molar-refractivity contribution < 1.29 is 9.47 Å². The number of hydrogen-bond acceptors (Lipinski definition) is 3. The first-order valence-electron chi connectivity index (χ1n) is 7.38. The Morgan fingerprint density at radius 2 is 2.25 bits per heavy atom. The highest BCUT2D eigenvalue weighted by Gasteiger charge is 2.37. The van der Waals surface area contributed by atoms with Gasteiger partial charge in [0.25, 0.3) is 0 Å². The lowest BCUT2D eigenvalue weighted by atomic mass is 9.81. The largest absolute Gasteiger partial charge is 0.497 e. The molecule has 0 N–H and O–H groups in total.